The first kappa shape index (κ1) is 14.0. The van der Waals surface area contributed by atoms with E-state index in [1.165, 1.54) is 12.1 Å². The lowest BCUT2D eigenvalue weighted by Gasteiger charge is -2.36. The molecule has 1 aliphatic rings. The summed E-state index contributed by atoms with van der Waals surface area (Å²) in [5, 5.41) is 6.09. The second-order valence-electron chi connectivity index (χ2n) is 5.15. The van der Waals surface area contributed by atoms with Crippen molar-refractivity contribution in [1.82, 2.24) is 10.2 Å². The van der Waals surface area contributed by atoms with Crippen LogP contribution in [0.15, 0.2) is 24.3 Å². The molecule has 5 heteroatoms. The number of hydrogen-bond acceptors (Lipinski definition) is 3. The van der Waals surface area contributed by atoms with Crippen LogP contribution < -0.4 is 10.6 Å². The normalized spacial score (nSPS) is 24.2. The standard InChI is InChI=1S/C14H20FN3O/c1-10-8-18(11(2)7-16-10)9-14(19)17-13-5-3-4-12(15)6-13/h3-6,10-11,16H,7-9H2,1-2H3,(H,17,19). The summed E-state index contributed by atoms with van der Waals surface area (Å²) in [4.78, 5) is 14.1. The van der Waals surface area contributed by atoms with Gasteiger partial charge >= 0.3 is 0 Å². The molecule has 1 saturated heterocycles. The van der Waals surface area contributed by atoms with Gasteiger partial charge in [-0.1, -0.05) is 6.07 Å². The lowest BCUT2D eigenvalue weighted by molar-refractivity contribution is -0.118. The van der Waals surface area contributed by atoms with Gasteiger partial charge in [-0.25, -0.2) is 4.39 Å². The van der Waals surface area contributed by atoms with E-state index in [9.17, 15) is 9.18 Å². The van der Waals surface area contributed by atoms with Gasteiger partial charge in [-0.3, -0.25) is 9.69 Å². The Morgan fingerprint density at radius 1 is 1.53 bits per heavy atom. The zero-order valence-electron chi connectivity index (χ0n) is 11.3. The predicted molar refractivity (Wildman–Crippen MR) is 73.5 cm³/mol. The number of nitrogens with one attached hydrogen (secondary N) is 2. The van der Waals surface area contributed by atoms with Gasteiger partial charge in [0, 0.05) is 30.9 Å². The van der Waals surface area contributed by atoms with Crippen LogP contribution in [0, 0.1) is 5.82 Å². The van der Waals surface area contributed by atoms with E-state index in [-0.39, 0.29) is 11.7 Å². The second-order valence-corrected chi connectivity index (χ2v) is 5.15. The number of benzene rings is 1. The Bertz CT molecular complexity index is 452. The molecular formula is C14H20FN3O. The summed E-state index contributed by atoms with van der Waals surface area (Å²) in [6, 6.07) is 6.66. The number of carbonyl (C=O) groups is 1. The molecule has 0 bridgehead atoms. The molecule has 2 N–H and O–H groups in total. The molecule has 0 radical (unpaired) electrons. The van der Waals surface area contributed by atoms with Crippen LogP contribution in [0.4, 0.5) is 10.1 Å². The molecule has 0 aliphatic carbocycles. The lowest BCUT2D eigenvalue weighted by atomic mass is 10.1. The van der Waals surface area contributed by atoms with E-state index in [0.29, 0.717) is 24.3 Å². The molecule has 1 aliphatic heterocycles. The number of amides is 1. The third-order valence-corrected chi connectivity index (χ3v) is 3.35. The van der Waals surface area contributed by atoms with E-state index < -0.39 is 0 Å². The first-order valence-electron chi connectivity index (χ1n) is 6.57. The fourth-order valence-corrected chi connectivity index (χ4v) is 2.27. The summed E-state index contributed by atoms with van der Waals surface area (Å²) >= 11 is 0. The van der Waals surface area contributed by atoms with Gasteiger partial charge in [0.15, 0.2) is 0 Å². The minimum absolute atomic E-state index is 0.105. The number of hydrogen-bond donors (Lipinski definition) is 2. The number of nitrogens with zero attached hydrogens (tertiary/aromatic N) is 1. The van der Waals surface area contributed by atoms with E-state index in [1.807, 2.05) is 0 Å². The molecule has 4 nitrogen and oxygen atoms in total. The highest BCUT2D eigenvalue weighted by Crippen LogP contribution is 2.10. The minimum Gasteiger partial charge on any atom is -0.325 e. The van der Waals surface area contributed by atoms with E-state index in [4.69, 9.17) is 0 Å². The molecule has 1 fully saturated rings. The summed E-state index contributed by atoms with van der Waals surface area (Å²) in [6.07, 6.45) is 0. The molecule has 2 unspecified atom stereocenters. The molecule has 2 atom stereocenters. The highest BCUT2D eigenvalue weighted by molar-refractivity contribution is 5.92. The zero-order valence-corrected chi connectivity index (χ0v) is 11.3. The predicted octanol–water partition coefficient (Wildman–Crippen LogP) is 1.45. The lowest BCUT2D eigenvalue weighted by Crippen LogP contribution is -2.55. The van der Waals surface area contributed by atoms with Crippen LogP contribution >= 0.6 is 0 Å². The Balaban J connectivity index is 1.90. The Hall–Kier alpha value is -1.46. The van der Waals surface area contributed by atoms with Crippen molar-refractivity contribution in [2.45, 2.75) is 25.9 Å². The van der Waals surface area contributed by atoms with Crippen molar-refractivity contribution in [3.05, 3.63) is 30.1 Å². The van der Waals surface area contributed by atoms with Crippen molar-refractivity contribution in [2.24, 2.45) is 0 Å². The van der Waals surface area contributed by atoms with Crippen LogP contribution in [0.3, 0.4) is 0 Å². The third kappa shape index (κ3) is 4.01. The van der Waals surface area contributed by atoms with Gasteiger partial charge in [0.05, 0.1) is 6.54 Å². The number of halogens is 1. The van der Waals surface area contributed by atoms with Gasteiger partial charge in [-0.15, -0.1) is 0 Å². The van der Waals surface area contributed by atoms with E-state index in [1.54, 1.807) is 12.1 Å². The smallest absolute Gasteiger partial charge is 0.238 e. The molecular weight excluding hydrogens is 245 g/mol. The molecule has 0 saturated carbocycles. The molecule has 1 aromatic rings. The van der Waals surface area contributed by atoms with Gasteiger partial charge in [-0.2, -0.15) is 0 Å². The largest absolute Gasteiger partial charge is 0.325 e. The third-order valence-electron chi connectivity index (χ3n) is 3.35. The van der Waals surface area contributed by atoms with Crippen molar-refractivity contribution in [2.75, 3.05) is 25.0 Å². The van der Waals surface area contributed by atoms with Crippen LogP contribution in [-0.2, 0) is 4.79 Å². The van der Waals surface area contributed by atoms with Crippen molar-refractivity contribution in [3.8, 4) is 0 Å². The van der Waals surface area contributed by atoms with Crippen molar-refractivity contribution in [1.29, 1.82) is 0 Å². The van der Waals surface area contributed by atoms with Gasteiger partial charge in [0.25, 0.3) is 0 Å². The summed E-state index contributed by atoms with van der Waals surface area (Å²) in [6.45, 7) is 6.26. The molecule has 2 rings (SSSR count). The molecule has 0 aromatic heterocycles. The molecule has 1 amide bonds. The monoisotopic (exact) mass is 265 g/mol. The number of carbonyl (C=O) groups excluding carboxylic acids is 1. The first-order chi connectivity index (χ1) is 9.04. The van der Waals surface area contributed by atoms with Crippen molar-refractivity contribution in [3.63, 3.8) is 0 Å². The maximum Gasteiger partial charge on any atom is 0.238 e. The number of rotatable bonds is 3. The summed E-state index contributed by atoms with van der Waals surface area (Å²) in [7, 11) is 0. The Morgan fingerprint density at radius 2 is 2.32 bits per heavy atom. The maximum atomic E-state index is 13.0. The van der Waals surface area contributed by atoms with Crippen molar-refractivity contribution < 1.29 is 9.18 Å². The Kier molecular flexibility index (Phi) is 4.50. The topological polar surface area (TPSA) is 44.4 Å². The zero-order chi connectivity index (χ0) is 13.8. The van der Waals surface area contributed by atoms with Crippen LogP contribution in [0.5, 0.6) is 0 Å². The van der Waals surface area contributed by atoms with Gasteiger partial charge in [0.1, 0.15) is 5.82 Å². The maximum absolute atomic E-state index is 13.0. The highest BCUT2D eigenvalue weighted by atomic mass is 19.1. The van der Waals surface area contributed by atoms with Crippen LogP contribution in [0.25, 0.3) is 0 Å². The van der Waals surface area contributed by atoms with Crippen LogP contribution in [-0.4, -0.2) is 42.5 Å². The molecule has 1 aromatic carbocycles. The Morgan fingerprint density at radius 3 is 3.05 bits per heavy atom. The SMILES string of the molecule is CC1CN(CC(=O)Nc2cccc(F)c2)C(C)CN1. The molecule has 1 heterocycles. The average Bonchev–Trinajstić information content (AvgIpc) is 2.34. The molecule has 0 spiro atoms. The molecule has 104 valence electrons. The summed E-state index contributed by atoms with van der Waals surface area (Å²) in [5.41, 5.74) is 0.501. The Labute approximate surface area is 113 Å². The average molecular weight is 265 g/mol. The fraction of sp³-hybridized carbons (Fsp3) is 0.500. The van der Waals surface area contributed by atoms with Crippen molar-refractivity contribution >= 4 is 11.6 Å². The van der Waals surface area contributed by atoms with E-state index >= 15 is 0 Å². The summed E-state index contributed by atoms with van der Waals surface area (Å²) in [5.74, 6) is -0.450. The summed E-state index contributed by atoms with van der Waals surface area (Å²) < 4.78 is 13.0. The second kappa shape index (κ2) is 6.12. The highest BCUT2D eigenvalue weighted by Gasteiger charge is 2.23. The van der Waals surface area contributed by atoms with Crippen LogP contribution in [0.1, 0.15) is 13.8 Å². The minimum atomic E-state index is -0.345. The van der Waals surface area contributed by atoms with Gasteiger partial charge in [-0.05, 0) is 32.0 Å². The number of piperazine rings is 1. The van der Waals surface area contributed by atoms with Gasteiger partial charge in [0.2, 0.25) is 5.91 Å². The van der Waals surface area contributed by atoms with Crippen LogP contribution in [0.2, 0.25) is 0 Å². The quantitative estimate of drug-likeness (QED) is 0.869. The van der Waals surface area contributed by atoms with E-state index in [2.05, 4.69) is 29.4 Å². The number of anilines is 1. The van der Waals surface area contributed by atoms with E-state index in [0.717, 1.165) is 13.1 Å². The van der Waals surface area contributed by atoms with Gasteiger partial charge < -0.3 is 10.6 Å². The fourth-order valence-electron chi connectivity index (χ4n) is 2.27. The molecule has 19 heavy (non-hydrogen) atoms. The first-order valence-corrected chi connectivity index (χ1v) is 6.57.